The highest BCUT2D eigenvalue weighted by Crippen LogP contribution is 2.38. The van der Waals surface area contributed by atoms with E-state index in [0.717, 1.165) is 6.07 Å². The first-order valence-electron chi connectivity index (χ1n) is 5.86. The van der Waals surface area contributed by atoms with Crippen LogP contribution in [0.4, 0.5) is 17.6 Å². The van der Waals surface area contributed by atoms with Crippen molar-refractivity contribution in [3.8, 4) is 0 Å². The molecule has 0 radical (unpaired) electrons. The van der Waals surface area contributed by atoms with E-state index in [1.54, 1.807) is 0 Å². The van der Waals surface area contributed by atoms with E-state index in [0.29, 0.717) is 26.2 Å². The van der Waals surface area contributed by atoms with Crippen LogP contribution in [0.2, 0.25) is 0 Å². The fourth-order valence-corrected chi connectivity index (χ4v) is 2.48. The molecule has 1 aliphatic heterocycles. The number of piperazine rings is 1. The molecule has 0 saturated carbocycles. The van der Waals surface area contributed by atoms with Crippen molar-refractivity contribution in [2.75, 3.05) is 26.2 Å². The monoisotopic (exact) mass is 340 g/mol. The summed E-state index contributed by atoms with van der Waals surface area (Å²) in [6.07, 6.45) is -4.42. The normalized spacial score (nSPS) is 19.4. The molecule has 0 aliphatic carbocycles. The molecule has 0 spiro atoms. The first-order chi connectivity index (χ1) is 8.89. The van der Waals surface area contributed by atoms with E-state index in [1.165, 1.54) is 17.0 Å². The van der Waals surface area contributed by atoms with Gasteiger partial charge < -0.3 is 5.32 Å². The molecule has 1 aliphatic rings. The molecule has 1 atom stereocenters. The van der Waals surface area contributed by atoms with Crippen molar-refractivity contribution < 1.29 is 17.6 Å². The van der Waals surface area contributed by atoms with Crippen LogP contribution in [0.3, 0.4) is 0 Å². The van der Waals surface area contributed by atoms with Gasteiger partial charge in [0, 0.05) is 26.2 Å². The van der Waals surface area contributed by atoms with E-state index >= 15 is 0 Å². The lowest BCUT2D eigenvalue weighted by atomic mass is 10.0. The first kappa shape index (κ1) is 14.7. The van der Waals surface area contributed by atoms with E-state index in [9.17, 15) is 17.6 Å². The molecule has 0 amide bonds. The fourth-order valence-electron chi connectivity index (χ4n) is 2.23. The van der Waals surface area contributed by atoms with E-state index in [4.69, 9.17) is 0 Å². The van der Waals surface area contributed by atoms with Crippen molar-refractivity contribution in [3.63, 3.8) is 0 Å². The van der Waals surface area contributed by atoms with Gasteiger partial charge >= 0.3 is 6.18 Å². The molecule has 1 saturated heterocycles. The average molecular weight is 341 g/mol. The van der Waals surface area contributed by atoms with Gasteiger partial charge in [0.05, 0.1) is 4.47 Å². The van der Waals surface area contributed by atoms with E-state index in [2.05, 4.69) is 21.2 Å². The molecule has 2 nitrogen and oxygen atoms in total. The Labute approximate surface area is 116 Å². The largest absolute Gasteiger partial charge is 0.408 e. The Kier molecular flexibility index (Phi) is 4.47. The molecule has 0 bridgehead atoms. The standard InChI is InChI=1S/C12H13BrF4N2/c13-9-2-1-8(7-10(9)14)11(12(15,16)17)19-5-3-18-4-6-19/h1-2,7,11,18H,3-6H2/t11-/m1/s1. The SMILES string of the molecule is Fc1cc([C@@H](N2CCNCC2)C(F)(F)F)ccc1Br. The highest BCUT2D eigenvalue weighted by Gasteiger charge is 2.45. The predicted molar refractivity (Wildman–Crippen MR) is 67.3 cm³/mol. The zero-order valence-corrected chi connectivity index (χ0v) is 11.6. The van der Waals surface area contributed by atoms with Crippen molar-refractivity contribution in [3.05, 3.63) is 34.1 Å². The molecule has 0 aromatic heterocycles. The Morgan fingerprint density at radius 3 is 2.37 bits per heavy atom. The van der Waals surface area contributed by atoms with Crippen LogP contribution in [0.15, 0.2) is 22.7 Å². The molecular weight excluding hydrogens is 328 g/mol. The van der Waals surface area contributed by atoms with Crippen LogP contribution in [0.25, 0.3) is 0 Å². The van der Waals surface area contributed by atoms with Crippen molar-refractivity contribution in [1.82, 2.24) is 10.2 Å². The van der Waals surface area contributed by atoms with Crippen LogP contribution in [-0.2, 0) is 0 Å². The van der Waals surface area contributed by atoms with Gasteiger partial charge in [-0.05, 0) is 33.6 Å². The van der Waals surface area contributed by atoms with Crippen LogP contribution in [0.5, 0.6) is 0 Å². The molecule has 2 rings (SSSR count). The maximum atomic E-state index is 13.4. The fraction of sp³-hybridized carbons (Fsp3) is 0.500. The number of halogens is 5. The van der Waals surface area contributed by atoms with Gasteiger partial charge in [0.1, 0.15) is 11.9 Å². The Balaban J connectivity index is 2.33. The number of rotatable bonds is 2. The zero-order chi connectivity index (χ0) is 14.0. The molecule has 1 heterocycles. The minimum absolute atomic E-state index is 0.0601. The lowest BCUT2D eigenvalue weighted by molar-refractivity contribution is -0.187. The highest BCUT2D eigenvalue weighted by atomic mass is 79.9. The zero-order valence-electron chi connectivity index (χ0n) is 9.97. The molecule has 7 heteroatoms. The van der Waals surface area contributed by atoms with Gasteiger partial charge in [-0.2, -0.15) is 13.2 Å². The molecule has 1 fully saturated rings. The minimum Gasteiger partial charge on any atom is -0.314 e. The van der Waals surface area contributed by atoms with Crippen LogP contribution in [0, 0.1) is 5.82 Å². The second-order valence-electron chi connectivity index (χ2n) is 4.40. The summed E-state index contributed by atoms with van der Waals surface area (Å²) in [4.78, 5) is 1.33. The molecule has 0 unspecified atom stereocenters. The van der Waals surface area contributed by atoms with Crippen molar-refractivity contribution in [2.24, 2.45) is 0 Å². The summed E-state index contributed by atoms with van der Waals surface area (Å²) in [5.74, 6) is -0.679. The Morgan fingerprint density at radius 2 is 1.84 bits per heavy atom. The topological polar surface area (TPSA) is 15.3 Å². The summed E-state index contributed by atoms with van der Waals surface area (Å²) >= 11 is 2.95. The van der Waals surface area contributed by atoms with Crippen molar-refractivity contribution in [1.29, 1.82) is 0 Å². The van der Waals surface area contributed by atoms with Crippen molar-refractivity contribution >= 4 is 15.9 Å². The van der Waals surface area contributed by atoms with Gasteiger partial charge in [0.25, 0.3) is 0 Å². The highest BCUT2D eigenvalue weighted by molar-refractivity contribution is 9.10. The number of nitrogens with one attached hydrogen (secondary N) is 1. The second kappa shape index (κ2) is 5.76. The van der Waals surface area contributed by atoms with Crippen LogP contribution in [0.1, 0.15) is 11.6 Å². The number of alkyl halides is 3. The number of hydrogen-bond acceptors (Lipinski definition) is 2. The van der Waals surface area contributed by atoms with Gasteiger partial charge in [-0.1, -0.05) is 6.07 Å². The Hall–Kier alpha value is -0.660. The smallest absolute Gasteiger partial charge is 0.314 e. The molecule has 106 valence electrons. The lowest BCUT2D eigenvalue weighted by Gasteiger charge is -2.36. The average Bonchev–Trinajstić information content (AvgIpc) is 2.34. The summed E-state index contributed by atoms with van der Waals surface area (Å²) in [7, 11) is 0. The van der Waals surface area contributed by atoms with Crippen molar-refractivity contribution in [2.45, 2.75) is 12.2 Å². The lowest BCUT2D eigenvalue weighted by Crippen LogP contribution is -2.49. The summed E-state index contributed by atoms with van der Waals surface area (Å²) < 4.78 is 53.3. The number of nitrogens with zero attached hydrogens (tertiary/aromatic N) is 1. The third-order valence-electron chi connectivity index (χ3n) is 3.09. The Morgan fingerprint density at radius 1 is 1.21 bits per heavy atom. The summed E-state index contributed by atoms with van der Waals surface area (Å²) in [6.45, 7) is 1.60. The molecule has 1 aromatic rings. The van der Waals surface area contributed by atoms with Crippen LogP contribution in [-0.4, -0.2) is 37.3 Å². The summed E-state index contributed by atoms with van der Waals surface area (Å²) in [5.41, 5.74) is -0.0601. The van der Waals surface area contributed by atoms with Gasteiger partial charge in [-0.3, -0.25) is 4.90 Å². The number of hydrogen-bond donors (Lipinski definition) is 1. The third kappa shape index (κ3) is 3.46. The maximum Gasteiger partial charge on any atom is 0.408 e. The minimum atomic E-state index is -4.42. The first-order valence-corrected chi connectivity index (χ1v) is 6.65. The van der Waals surface area contributed by atoms with E-state index in [-0.39, 0.29) is 10.0 Å². The van der Waals surface area contributed by atoms with E-state index in [1.807, 2.05) is 0 Å². The predicted octanol–water partition coefficient (Wildman–Crippen LogP) is 3.10. The Bertz CT molecular complexity index is 444. The van der Waals surface area contributed by atoms with Crippen LogP contribution >= 0.6 is 15.9 Å². The molecule has 1 aromatic carbocycles. The quantitative estimate of drug-likeness (QED) is 0.832. The van der Waals surface area contributed by atoms with Gasteiger partial charge in [0.2, 0.25) is 0 Å². The maximum absolute atomic E-state index is 13.4. The summed E-state index contributed by atoms with van der Waals surface area (Å²) in [5, 5.41) is 3.00. The third-order valence-corrected chi connectivity index (χ3v) is 3.73. The van der Waals surface area contributed by atoms with Gasteiger partial charge in [0.15, 0.2) is 0 Å². The van der Waals surface area contributed by atoms with Gasteiger partial charge in [-0.15, -0.1) is 0 Å². The van der Waals surface area contributed by atoms with Gasteiger partial charge in [-0.25, -0.2) is 4.39 Å². The van der Waals surface area contributed by atoms with Crippen LogP contribution < -0.4 is 5.32 Å². The molecule has 1 N–H and O–H groups in total. The molecular formula is C12H13BrF4N2. The number of benzene rings is 1. The van der Waals surface area contributed by atoms with E-state index < -0.39 is 18.0 Å². The molecule has 19 heavy (non-hydrogen) atoms. The second-order valence-corrected chi connectivity index (χ2v) is 5.26. The summed E-state index contributed by atoms with van der Waals surface area (Å²) in [6, 6.07) is 1.82.